The van der Waals surface area contributed by atoms with E-state index >= 15 is 0 Å². The van der Waals surface area contributed by atoms with E-state index in [2.05, 4.69) is 20.1 Å². The minimum atomic E-state index is -0.471. The molecule has 2 aliphatic rings. The predicted octanol–water partition coefficient (Wildman–Crippen LogP) is 2.74. The third kappa shape index (κ3) is 3.35. The number of hydrogen-bond donors (Lipinski definition) is 0. The molecule has 0 bridgehead atoms. The molecule has 3 rings (SSSR count). The van der Waals surface area contributed by atoms with Crippen molar-refractivity contribution in [2.75, 3.05) is 13.1 Å². The Labute approximate surface area is 124 Å². The zero-order valence-corrected chi connectivity index (χ0v) is 12.3. The van der Waals surface area contributed by atoms with Crippen LogP contribution in [0.15, 0.2) is 39.5 Å². The second-order valence-corrected chi connectivity index (χ2v) is 5.72. The van der Waals surface area contributed by atoms with E-state index in [0.717, 1.165) is 31.5 Å². The van der Waals surface area contributed by atoms with Gasteiger partial charge in [-0.2, -0.15) is 10.1 Å². The molecule has 0 N–H and O–H groups in total. The van der Waals surface area contributed by atoms with Crippen molar-refractivity contribution in [1.29, 1.82) is 0 Å². The Kier molecular flexibility index (Phi) is 4.08. The third-order valence-corrected chi connectivity index (χ3v) is 3.97. The summed E-state index contributed by atoms with van der Waals surface area (Å²) in [6.45, 7) is 3.89. The number of likely N-dealkylation sites (tertiary alicyclic amines) is 1. The van der Waals surface area contributed by atoms with E-state index in [0.29, 0.717) is 12.4 Å². The van der Waals surface area contributed by atoms with Crippen LogP contribution in [0.2, 0.25) is 0 Å². The van der Waals surface area contributed by atoms with Crippen LogP contribution in [0.4, 0.5) is 0 Å². The molecule has 0 radical (unpaired) electrons. The van der Waals surface area contributed by atoms with Gasteiger partial charge in [0.25, 0.3) is 5.91 Å². The summed E-state index contributed by atoms with van der Waals surface area (Å²) >= 11 is 0. The Morgan fingerprint density at radius 3 is 2.52 bits per heavy atom. The smallest absolute Gasteiger partial charge is 0.276 e. The van der Waals surface area contributed by atoms with E-state index in [-0.39, 0.29) is 5.91 Å². The minimum absolute atomic E-state index is 0.175. The van der Waals surface area contributed by atoms with Crippen LogP contribution in [0, 0.1) is 6.92 Å². The van der Waals surface area contributed by atoms with Gasteiger partial charge in [0, 0.05) is 19.5 Å². The third-order valence-electron chi connectivity index (χ3n) is 3.97. The highest BCUT2D eigenvalue weighted by molar-refractivity contribution is 5.97. The lowest BCUT2D eigenvalue weighted by Gasteiger charge is -2.28. The van der Waals surface area contributed by atoms with E-state index in [1.54, 1.807) is 0 Å². The van der Waals surface area contributed by atoms with Crippen LogP contribution in [0.3, 0.4) is 0 Å². The zero-order valence-electron chi connectivity index (χ0n) is 12.3. The molecule has 0 aliphatic carbocycles. The zero-order chi connectivity index (χ0) is 14.7. The van der Waals surface area contributed by atoms with Gasteiger partial charge in [0.05, 0.1) is 0 Å². The van der Waals surface area contributed by atoms with Gasteiger partial charge in [-0.05, 0) is 31.7 Å². The molecular weight excluding hydrogens is 264 g/mol. The van der Waals surface area contributed by atoms with Crippen molar-refractivity contribution in [3.63, 3.8) is 0 Å². The number of rotatable bonds is 2. The molecule has 21 heavy (non-hydrogen) atoms. The molecule has 110 valence electrons. The van der Waals surface area contributed by atoms with Crippen LogP contribution >= 0.6 is 0 Å². The van der Waals surface area contributed by atoms with Crippen LogP contribution < -0.4 is 0 Å². The van der Waals surface area contributed by atoms with Gasteiger partial charge in [0.1, 0.15) is 0 Å². The summed E-state index contributed by atoms with van der Waals surface area (Å²) in [4.78, 5) is 18.4. The van der Waals surface area contributed by atoms with Crippen LogP contribution in [0.1, 0.15) is 30.4 Å². The van der Waals surface area contributed by atoms with Crippen LogP contribution in [-0.2, 0) is 11.2 Å². The number of carbonyl (C=O) groups is 1. The van der Waals surface area contributed by atoms with Gasteiger partial charge in [-0.3, -0.25) is 4.79 Å². The number of carbonyl (C=O) groups excluding carboxylic acids is 1. The Hall–Kier alpha value is -2.04. The highest BCUT2D eigenvalue weighted by atomic mass is 16.2. The summed E-state index contributed by atoms with van der Waals surface area (Å²) in [5, 5.41) is 8.37. The Balaban J connectivity index is 1.65. The minimum Gasteiger partial charge on any atom is -0.339 e. The summed E-state index contributed by atoms with van der Waals surface area (Å²) in [6, 6.07) is 7.68. The van der Waals surface area contributed by atoms with Gasteiger partial charge in [-0.15, -0.1) is 5.11 Å². The van der Waals surface area contributed by atoms with Gasteiger partial charge in [-0.1, -0.05) is 29.8 Å². The summed E-state index contributed by atoms with van der Waals surface area (Å²) < 4.78 is 0. The molecule has 2 aliphatic heterocycles. The first-order valence-corrected chi connectivity index (χ1v) is 7.56. The van der Waals surface area contributed by atoms with Gasteiger partial charge in [-0.25, -0.2) is 0 Å². The fraction of sp³-hybridized carbons (Fsp3) is 0.500. The number of aryl methyl sites for hydroxylation is 1. The molecule has 1 unspecified atom stereocenters. The fourth-order valence-electron chi connectivity index (χ4n) is 2.67. The SMILES string of the molecule is Cc1ccc(CC2N=NC(N3CCCCC3)=NC2=O)cc1. The van der Waals surface area contributed by atoms with Crippen molar-refractivity contribution in [2.45, 2.75) is 38.6 Å². The standard InChI is InChI=1S/C16H20N4O/c1-12-5-7-13(8-6-12)11-14-15(21)17-16(19-18-14)20-9-3-2-4-10-20/h5-8,14H,2-4,9-11H2,1H3. The van der Waals surface area contributed by atoms with Gasteiger partial charge in [0.2, 0.25) is 5.96 Å². The van der Waals surface area contributed by atoms with Crippen molar-refractivity contribution in [3.8, 4) is 0 Å². The molecule has 1 fully saturated rings. The largest absolute Gasteiger partial charge is 0.339 e. The van der Waals surface area contributed by atoms with Crippen molar-refractivity contribution < 1.29 is 4.79 Å². The quantitative estimate of drug-likeness (QED) is 0.838. The molecule has 5 nitrogen and oxygen atoms in total. The number of piperidine rings is 1. The number of hydrogen-bond acceptors (Lipinski definition) is 4. The molecular formula is C16H20N4O. The molecule has 2 heterocycles. The number of amides is 1. The highest BCUT2D eigenvalue weighted by Gasteiger charge is 2.25. The number of benzene rings is 1. The number of aliphatic imine (C=N–C) groups is 1. The summed E-state index contributed by atoms with van der Waals surface area (Å²) in [7, 11) is 0. The van der Waals surface area contributed by atoms with E-state index in [4.69, 9.17) is 0 Å². The fourth-order valence-corrected chi connectivity index (χ4v) is 2.67. The Morgan fingerprint density at radius 2 is 1.86 bits per heavy atom. The number of nitrogens with zero attached hydrogens (tertiary/aromatic N) is 4. The van der Waals surface area contributed by atoms with E-state index in [9.17, 15) is 4.79 Å². The molecule has 1 amide bonds. The maximum absolute atomic E-state index is 12.2. The summed E-state index contributed by atoms with van der Waals surface area (Å²) in [5.74, 6) is 0.325. The molecule has 0 saturated carbocycles. The number of guanidine groups is 1. The van der Waals surface area contributed by atoms with Crippen molar-refractivity contribution in [1.82, 2.24) is 4.90 Å². The Morgan fingerprint density at radius 1 is 1.14 bits per heavy atom. The molecule has 1 atom stereocenters. The number of azo groups is 1. The first-order chi connectivity index (χ1) is 10.2. The first-order valence-electron chi connectivity index (χ1n) is 7.56. The average Bonchev–Trinajstić information content (AvgIpc) is 2.52. The second-order valence-electron chi connectivity index (χ2n) is 5.72. The highest BCUT2D eigenvalue weighted by Crippen LogP contribution is 2.16. The van der Waals surface area contributed by atoms with Crippen LogP contribution in [0.5, 0.6) is 0 Å². The van der Waals surface area contributed by atoms with Crippen molar-refractivity contribution in [2.24, 2.45) is 15.2 Å². The van der Waals surface area contributed by atoms with E-state index in [1.165, 1.54) is 12.0 Å². The lowest BCUT2D eigenvalue weighted by molar-refractivity contribution is -0.119. The first kappa shape index (κ1) is 13.9. The monoisotopic (exact) mass is 284 g/mol. The summed E-state index contributed by atoms with van der Waals surface area (Å²) in [6.07, 6.45) is 4.08. The maximum Gasteiger partial charge on any atom is 0.276 e. The normalized spacial score (nSPS) is 22.3. The molecule has 5 heteroatoms. The van der Waals surface area contributed by atoms with Crippen molar-refractivity contribution >= 4 is 11.9 Å². The Bertz CT molecular complexity index is 570. The molecule has 0 spiro atoms. The van der Waals surface area contributed by atoms with Gasteiger partial charge in [0.15, 0.2) is 6.04 Å². The van der Waals surface area contributed by atoms with E-state index < -0.39 is 6.04 Å². The molecule has 0 aromatic heterocycles. The average molecular weight is 284 g/mol. The maximum atomic E-state index is 12.2. The lowest BCUT2D eigenvalue weighted by Crippen LogP contribution is -2.37. The summed E-state index contributed by atoms with van der Waals surface area (Å²) in [5.41, 5.74) is 2.30. The molecule has 1 aromatic carbocycles. The van der Waals surface area contributed by atoms with Gasteiger partial charge < -0.3 is 4.90 Å². The molecule has 1 aromatic rings. The predicted molar refractivity (Wildman–Crippen MR) is 81.4 cm³/mol. The second kappa shape index (κ2) is 6.16. The van der Waals surface area contributed by atoms with Gasteiger partial charge >= 0.3 is 0 Å². The van der Waals surface area contributed by atoms with Crippen LogP contribution in [-0.4, -0.2) is 35.9 Å². The van der Waals surface area contributed by atoms with Crippen molar-refractivity contribution in [3.05, 3.63) is 35.4 Å². The van der Waals surface area contributed by atoms with Crippen LogP contribution in [0.25, 0.3) is 0 Å². The topological polar surface area (TPSA) is 57.4 Å². The molecule has 1 saturated heterocycles. The lowest BCUT2D eigenvalue weighted by atomic mass is 10.0. The van der Waals surface area contributed by atoms with E-state index in [1.807, 2.05) is 31.2 Å².